The summed E-state index contributed by atoms with van der Waals surface area (Å²) in [7, 11) is 0. The van der Waals surface area contributed by atoms with Crippen LogP contribution in [0.25, 0.3) is 0 Å². The number of hydrogen-bond donors (Lipinski definition) is 3. The van der Waals surface area contributed by atoms with Gasteiger partial charge >= 0.3 is 0 Å². The fraction of sp³-hybridized carbons (Fsp3) is 0.692. The van der Waals surface area contributed by atoms with Crippen molar-refractivity contribution < 1.29 is 5.11 Å². The van der Waals surface area contributed by atoms with Gasteiger partial charge in [0.15, 0.2) is 0 Å². The third-order valence-electron chi connectivity index (χ3n) is 2.54. The molecule has 3 N–H and O–H groups in total. The van der Waals surface area contributed by atoms with Crippen molar-refractivity contribution in [1.82, 2.24) is 9.97 Å². The summed E-state index contributed by atoms with van der Waals surface area (Å²) in [4.78, 5) is 8.68. The van der Waals surface area contributed by atoms with E-state index in [1.807, 2.05) is 13.0 Å². The van der Waals surface area contributed by atoms with Gasteiger partial charge in [0, 0.05) is 25.8 Å². The molecular formula is C13H24N4O. The van der Waals surface area contributed by atoms with Gasteiger partial charge in [-0.3, -0.25) is 0 Å². The summed E-state index contributed by atoms with van der Waals surface area (Å²) in [6.07, 6.45) is 4.02. The van der Waals surface area contributed by atoms with Crippen molar-refractivity contribution in [3.05, 3.63) is 11.9 Å². The molecule has 0 radical (unpaired) electrons. The van der Waals surface area contributed by atoms with Crippen molar-refractivity contribution in [3.8, 4) is 0 Å². The third kappa shape index (κ3) is 5.82. The van der Waals surface area contributed by atoms with Crippen molar-refractivity contribution in [2.24, 2.45) is 0 Å². The quantitative estimate of drug-likeness (QED) is 0.588. The lowest BCUT2D eigenvalue weighted by Gasteiger charge is -2.09. The maximum atomic E-state index is 8.69. The van der Waals surface area contributed by atoms with E-state index in [4.69, 9.17) is 5.11 Å². The third-order valence-corrected chi connectivity index (χ3v) is 2.54. The van der Waals surface area contributed by atoms with Crippen LogP contribution < -0.4 is 10.6 Å². The zero-order chi connectivity index (χ0) is 13.2. The van der Waals surface area contributed by atoms with Gasteiger partial charge in [-0.1, -0.05) is 6.92 Å². The number of unbranched alkanes of at least 4 members (excludes halogenated alkanes) is 2. The number of aliphatic hydroxyl groups excluding tert-OH is 1. The lowest BCUT2D eigenvalue weighted by molar-refractivity contribution is 0.283. The van der Waals surface area contributed by atoms with Crippen LogP contribution in [-0.4, -0.2) is 34.8 Å². The van der Waals surface area contributed by atoms with Crippen LogP contribution in [0.15, 0.2) is 6.07 Å². The number of hydrogen-bond acceptors (Lipinski definition) is 5. The number of aliphatic hydroxyl groups is 1. The Kier molecular flexibility index (Phi) is 7.10. The predicted octanol–water partition coefficient (Wildman–Crippen LogP) is 2.18. The Morgan fingerprint density at radius 1 is 1.06 bits per heavy atom. The van der Waals surface area contributed by atoms with Gasteiger partial charge in [-0.15, -0.1) is 0 Å². The zero-order valence-corrected chi connectivity index (χ0v) is 11.4. The van der Waals surface area contributed by atoms with E-state index in [1.54, 1.807) is 0 Å². The summed E-state index contributed by atoms with van der Waals surface area (Å²) in [5.41, 5.74) is 0. The van der Waals surface area contributed by atoms with Crippen molar-refractivity contribution in [3.63, 3.8) is 0 Å². The van der Waals surface area contributed by atoms with E-state index >= 15 is 0 Å². The molecule has 1 aromatic heterocycles. The second kappa shape index (κ2) is 8.69. The Labute approximate surface area is 109 Å². The Balaban J connectivity index is 2.41. The van der Waals surface area contributed by atoms with Crippen LogP contribution in [0.3, 0.4) is 0 Å². The van der Waals surface area contributed by atoms with Crippen LogP contribution in [0.4, 0.5) is 11.6 Å². The average Bonchev–Trinajstić information content (AvgIpc) is 2.35. The highest BCUT2D eigenvalue weighted by molar-refractivity contribution is 5.47. The molecule has 18 heavy (non-hydrogen) atoms. The molecule has 5 nitrogen and oxygen atoms in total. The van der Waals surface area contributed by atoms with Gasteiger partial charge in [0.05, 0.1) is 0 Å². The number of rotatable bonds is 9. The maximum absolute atomic E-state index is 8.69. The highest BCUT2D eigenvalue weighted by Gasteiger charge is 2.00. The molecule has 0 aliphatic carbocycles. The molecule has 0 saturated heterocycles. The van der Waals surface area contributed by atoms with Crippen molar-refractivity contribution in [2.45, 2.75) is 39.5 Å². The summed E-state index contributed by atoms with van der Waals surface area (Å²) in [5, 5.41) is 15.2. The first kappa shape index (κ1) is 14.7. The van der Waals surface area contributed by atoms with Crippen LogP contribution in [0.2, 0.25) is 0 Å². The van der Waals surface area contributed by atoms with Crippen molar-refractivity contribution in [2.75, 3.05) is 30.3 Å². The monoisotopic (exact) mass is 252 g/mol. The Morgan fingerprint density at radius 3 is 2.33 bits per heavy atom. The van der Waals surface area contributed by atoms with Crippen LogP contribution in [0.1, 0.15) is 38.4 Å². The minimum absolute atomic E-state index is 0.275. The number of aryl methyl sites for hydroxylation is 1. The van der Waals surface area contributed by atoms with Crippen molar-refractivity contribution in [1.29, 1.82) is 0 Å². The summed E-state index contributed by atoms with van der Waals surface area (Å²) >= 11 is 0. The first-order chi connectivity index (χ1) is 8.76. The van der Waals surface area contributed by atoms with E-state index in [0.29, 0.717) is 0 Å². The fourth-order valence-corrected chi connectivity index (χ4v) is 1.63. The number of nitrogens with zero attached hydrogens (tertiary/aromatic N) is 2. The largest absolute Gasteiger partial charge is 0.396 e. The van der Waals surface area contributed by atoms with E-state index in [-0.39, 0.29) is 6.61 Å². The molecule has 0 amide bonds. The smallest absolute Gasteiger partial charge is 0.131 e. The van der Waals surface area contributed by atoms with E-state index < -0.39 is 0 Å². The van der Waals surface area contributed by atoms with Gasteiger partial charge in [0.2, 0.25) is 0 Å². The maximum Gasteiger partial charge on any atom is 0.131 e. The van der Waals surface area contributed by atoms with Gasteiger partial charge in [-0.25, -0.2) is 9.97 Å². The molecule has 1 heterocycles. The minimum Gasteiger partial charge on any atom is -0.396 e. The fourth-order valence-electron chi connectivity index (χ4n) is 1.63. The molecule has 0 aliphatic rings. The van der Waals surface area contributed by atoms with Gasteiger partial charge in [0.25, 0.3) is 0 Å². The van der Waals surface area contributed by atoms with Gasteiger partial charge in [-0.05, 0) is 32.6 Å². The van der Waals surface area contributed by atoms with Crippen molar-refractivity contribution >= 4 is 11.6 Å². The molecule has 102 valence electrons. The van der Waals surface area contributed by atoms with E-state index in [2.05, 4.69) is 27.5 Å². The molecule has 0 aromatic carbocycles. The number of nitrogens with one attached hydrogen (secondary N) is 2. The Morgan fingerprint density at radius 2 is 1.72 bits per heavy atom. The highest BCUT2D eigenvalue weighted by Crippen LogP contribution is 2.11. The summed E-state index contributed by atoms with van der Waals surface area (Å²) in [6.45, 7) is 6.10. The molecule has 0 fully saturated rings. The normalized spacial score (nSPS) is 10.4. The zero-order valence-electron chi connectivity index (χ0n) is 11.4. The summed E-state index contributed by atoms with van der Waals surface area (Å²) < 4.78 is 0. The molecule has 0 atom stereocenters. The Bertz CT molecular complexity index is 344. The predicted molar refractivity (Wildman–Crippen MR) is 75.0 cm³/mol. The van der Waals surface area contributed by atoms with Gasteiger partial charge in [-0.2, -0.15) is 0 Å². The second-order valence-corrected chi connectivity index (χ2v) is 4.32. The molecule has 0 spiro atoms. The van der Waals surface area contributed by atoms with Crippen LogP contribution >= 0.6 is 0 Å². The standard InChI is InChI=1S/C13H24N4O/c1-3-7-14-12-10-13(17-11(2)16-12)15-8-5-4-6-9-18/h10,18H,3-9H2,1-2H3,(H2,14,15,16,17). The van der Waals surface area contributed by atoms with Crippen LogP contribution in [0.5, 0.6) is 0 Å². The van der Waals surface area contributed by atoms with E-state index in [1.165, 1.54) is 0 Å². The first-order valence-electron chi connectivity index (χ1n) is 6.70. The first-order valence-corrected chi connectivity index (χ1v) is 6.70. The Hall–Kier alpha value is -1.36. The minimum atomic E-state index is 0.275. The van der Waals surface area contributed by atoms with Gasteiger partial charge < -0.3 is 15.7 Å². The summed E-state index contributed by atoms with van der Waals surface area (Å²) in [6, 6.07) is 1.94. The topological polar surface area (TPSA) is 70.1 Å². The molecule has 0 unspecified atom stereocenters. The highest BCUT2D eigenvalue weighted by atomic mass is 16.2. The SMILES string of the molecule is CCCNc1cc(NCCCCCO)nc(C)n1. The number of anilines is 2. The van der Waals surface area contributed by atoms with E-state index in [0.717, 1.165) is 56.2 Å². The van der Waals surface area contributed by atoms with Gasteiger partial charge in [0.1, 0.15) is 17.5 Å². The molecule has 0 aliphatic heterocycles. The molecular weight excluding hydrogens is 228 g/mol. The molecule has 0 bridgehead atoms. The lowest BCUT2D eigenvalue weighted by atomic mass is 10.2. The summed E-state index contributed by atoms with van der Waals surface area (Å²) in [5.74, 6) is 2.52. The molecule has 0 saturated carbocycles. The second-order valence-electron chi connectivity index (χ2n) is 4.32. The van der Waals surface area contributed by atoms with Crippen LogP contribution in [-0.2, 0) is 0 Å². The molecule has 1 rings (SSSR count). The van der Waals surface area contributed by atoms with E-state index in [9.17, 15) is 0 Å². The molecule has 1 aromatic rings. The lowest BCUT2D eigenvalue weighted by Crippen LogP contribution is -2.08. The average molecular weight is 252 g/mol. The number of aromatic nitrogens is 2. The van der Waals surface area contributed by atoms with Crippen LogP contribution in [0, 0.1) is 6.92 Å². The molecule has 5 heteroatoms.